The molecule has 0 aliphatic carbocycles. The highest BCUT2D eigenvalue weighted by Crippen LogP contribution is 2.14. The van der Waals surface area contributed by atoms with Crippen LogP contribution in [0.15, 0.2) is 54.9 Å². The van der Waals surface area contributed by atoms with Crippen molar-refractivity contribution in [2.75, 3.05) is 12.4 Å². The Labute approximate surface area is 132 Å². The van der Waals surface area contributed by atoms with Crippen molar-refractivity contribution in [2.45, 2.75) is 6.42 Å². The smallest absolute Gasteiger partial charge is 0.228 e. The maximum atomic E-state index is 12.1. The number of rotatable bonds is 5. The maximum absolute atomic E-state index is 12.1. The van der Waals surface area contributed by atoms with Crippen LogP contribution in [-0.4, -0.2) is 33.2 Å². The molecule has 3 aromatic rings. The molecule has 0 spiro atoms. The Balaban J connectivity index is 1.61. The van der Waals surface area contributed by atoms with Crippen molar-refractivity contribution in [1.82, 2.24) is 20.2 Å². The van der Waals surface area contributed by atoms with Gasteiger partial charge in [-0.15, -0.1) is 5.10 Å². The minimum absolute atomic E-state index is 0.0784. The summed E-state index contributed by atoms with van der Waals surface area (Å²) in [5, 5.41) is 13.8. The summed E-state index contributed by atoms with van der Waals surface area (Å²) in [6.07, 6.45) is 1.82. The van der Waals surface area contributed by atoms with Crippen molar-refractivity contribution in [2.24, 2.45) is 0 Å². The van der Waals surface area contributed by atoms with Crippen LogP contribution in [0.2, 0.25) is 0 Å². The molecular weight excluding hydrogens is 294 g/mol. The number of hydrogen-bond donors (Lipinski definition) is 1. The molecule has 7 nitrogen and oxygen atoms in total. The SMILES string of the molecule is COc1ccc(CC(=O)Nc2ccc(-n3cnnn3)cc2)cc1. The summed E-state index contributed by atoms with van der Waals surface area (Å²) in [5.74, 6) is 0.692. The van der Waals surface area contributed by atoms with Gasteiger partial charge in [-0.05, 0) is 52.4 Å². The average Bonchev–Trinajstić information content (AvgIpc) is 3.11. The number of anilines is 1. The zero-order chi connectivity index (χ0) is 16.1. The Kier molecular flexibility index (Phi) is 4.28. The highest BCUT2D eigenvalue weighted by atomic mass is 16.5. The number of aromatic nitrogens is 4. The lowest BCUT2D eigenvalue weighted by Gasteiger charge is -2.07. The molecule has 0 radical (unpaired) electrons. The van der Waals surface area contributed by atoms with Gasteiger partial charge in [0, 0.05) is 5.69 Å². The van der Waals surface area contributed by atoms with Crippen LogP contribution >= 0.6 is 0 Å². The third-order valence-electron chi connectivity index (χ3n) is 3.29. The van der Waals surface area contributed by atoms with Gasteiger partial charge >= 0.3 is 0 Å². The lowest BCUT2D eigenvalue weighted by atomic mass is 10.1. The number of nitrogens with one attached hydrogen (secondary N) is 1. The van der Waals surface area contributed by atoms with Crippen LogP contribution in [0.5, 0.6) is 5.75 Å². The van der Waals surface area contributed by atoms with Crippen molar-refractivity contribution in [3.63, 3.8) is 0 Å². The first kappa shape index (κ1) is 14.7. The Hall–Kier alpha value is -3.22. The summed E-state index contributed by atoms with van der Waals surface area (Å²) < 4.78 is 6.64. The van der Waals surface area contributed by atoms with E-state index in [1.807, 2.05) is 48.5 Å². The number of amides is 1. The second-order valence-electron chi connectivity index (χ2n) is 4.87. The summed E-state index contributed by atoms with van der Waals surface area (Å²) in [6.45, 7) is 0. The van der Waals surface area contributed by atoms with Crippen molar-refractivity contribution in [3.8, 4) is 11.4 Å². The van der Waals surface area contributed by atoms with E-state index in [1.165, 1.54) is 6.33 Å². The van der Waals surface area contributed by atoms with Gasteiger partial charge in [0.2, 0.25) is 5.91 Å². The molecule has 7 heteroatoms. The zero-order valence-electron chi connectivity index (χ0n) is 12.5. The summed E-state index contributed by atoms with van der Waals surface area (Å²) in [4.78, 5) is 12.1. The van der Waals surface area contributed by atoms with Crippen LogP contribution in [0.4, 0.5) is 5.69 Å². The normalized spacial score (nSPS) is 10.3. The molecule has 1 aromatic heterocycles. The lowest BCUT2D eigenvalue weighted by Crippen LogP contribution is -2.14. The van der Waals surface area contributed by atoms with Crippen LogP contribution in [0.1, 0.15) is 5.56 Å². The lowest BCUT2D eigenvalue weighted by molar-refractivity contribution is -0.115. The van der Waals surface area contributed by atoms with Gasteiger partial charge in [0.25, 0.3) is 0 Å². The number of ether oxygens (including phenoxy) is 1. The second kappa shape index (κ2) is 6.69. The molecule has 1 amide bonds. The second-order valence-corrected chi connectivity index (χ2v) is 4.87. The van der Waals surface area contributed by atoms with Gasteiger partial charge in [-0.25, -0.2) is 4.68 Å². The first-order valence-corrected chi connectivity index (χ1v) is 7.01. The number of hydrogen-bond acceptors (Lipinski definition) is 5. The third kappa shape index (κ3) is 3.70. The fraction of sp³-hybridized carbons (Fsp3) is 0.125. The molecule has 3 rings (SSSR count). The zero-order valence-corrected chi connectivity index (χ0v) is 12.5. The molecule has 0 aliphatic heterocycles. The van der Waals surface area contributed by atoms with Gasteiger partial charge in [-0.2, -0.15) is 0 Å². The summed E-state index contributed by atoms with van der Waals surface area (Å²) in [7, 11) is 1.61. The van der Waals surface area contributed by atoms with E-state index in [4.69, 9.17) is 4.74 Å². The third-order valence-corrected chi connectivity index (χ3v) is 3.29. The summed E-state index contributed by atoms with van der Waals surface area (Å²) in [5.41, 5.74) is 2.47. The van der Waals surface area contributed by atoms with E-state index in [0.717, 1.165) is 22.7 Å². The molecule has 23 heavy (non-hydrogen) atoms. The first-order chi connectivity index (χ1) is 11.2. The van der Waals surface area contributed by atoms with E-state index in [-0.39, 0.29) is 5.91 Å². The Morgan fingerprint density at radius 2 is 1.87 bits per heavy atom. The van der Waals surface area contributed by atoms with Crippen LogP contribution < -0.4 is 10.1 Å². The van der Waals surface area contributed by atoms with Gasteiger partial charge in [-0.1, -0.05) is 12.1 Å². The molecule has 0 fully saturated rings. The minimum Gasteiger partial charge on any atom is -0.497 e. The molecule has 0 unspecified atom stereocenters. The van der Waals surface area contributed by atoms with Gasteiger partial charge in [0.1, 0.15) is 12.1 Å². The molecule has 0 bridgehead atoms. The van der Waals surface area contributed by atoms with Crippen molar-refractivity contribution in [3.05, 3.63) is 60.4 Å². The minimum atomic E-state index is -0.0784. The highest BCUT2D eigenvalue weighted by Gasteiger charge is 2.05. The molecule has 1 N–H and O–H groups in total. The maximum Gasteiger partial charge on any atom is 0.228 e. The van der Waals surface area contributed by atoms with Gasteiger partial charge in [0.05, 0.1) is 19.2 Å². The predicted molar refractivity (Wildman–Crippen MR) is 84.5 cm³/mol. The molecule has 0 saturated heterocycles. The van der Waals surface area contributed by atoms with Crippen LogP contribution in [0.25, 0.3) is 5.69 Å². The molecule has 0 atom stereocenters. The predicted octanol–water partition coefficient (Wildman–Crippen LogP) is 1.85. The molecule has 2 aromatic carbocycles. The topological polar surface area (TPSA) is 81.9 Å². The number of tetrazole rings is 1. The Morgan fingerprint density at radius 3 is 2.48 bits per heavy atom. The van der Waals surface area contributed by atoms with E-state index in [2.05, 4.69) is 20.8 Å². The monoisotopic (exact) mass is 309 g/mol. The van der Waals surface area contributed by atoms with Gasteiger partial charge in [-0.3, -0.25) is 4.79 Å². The molecule has 116 valence electrons. The van der Waals surface area contributed by atoms with E-state index in [0.29, 0.717) is 6.42 Å². The van der Waals surface area contributed by atoms with E-state index < -0.39 is 0 Å². The Bertz CT molecular complexity index is 767. The standard InChI is InChI=1S/C16H15N5O2/c1-23-15-8-2-12(3-9-15)10-16(22)18-13-4-6-14(7-5-13)21-11-17-19-20-21/h2-9,11H,10H2,1H3,(H,18,22). The van der Waals surface area contributed by atoms with Crippen molar-refractivity contribution >= 4 is 11.6 Å². The first-order valence-electron chi connectivity index (χ1n) is 7.01. The number of nitrogens with zero attached hydrogens (tertiary/aromatic N) is 4. The van der Waals surface area contributed by atoms with Gasteiger partial charge in [0.15, 0.2) is 0 Å². The summed E-state index contributed by atoms with van der Waals surface area (Å²) in [6, 6.07) is 14.7. The fourth-order valence-corrected chi connectivity index (χ4v) is 2.11. The van der Waals surface area contributed by atoms with Crippen molar-refractivity contribution in [1.29, 1.82) is 0 Å². The van der Waals surface area contributed by atoms with E-state index in [9.17, 15) is 4.79 Å². The largest absolute Gasteiger partial charge is 0.497 e. The molecular formula is C16H15N5O2. The molecule has 0 aliphatic rings. The van der Waals surface area contributed by atoms with Crippen molar-refractivity contribution < 1.29 is 9.53 Å². The number of methoxy groups -OCH3 is 1. The number of benzene rings is 2. The van der Waals surface area contributed by atoms with Crippen LogP contribution in [0, 0.1) is 0 Å². The highest BCUT2D eigenvalue weighted by molar-refractivity contribution is 5.92. The number of carbonyl (C=O) groups excluding carboxylic acids is 1. The Morgan fingerprint density at radius 1 is 1.13 bits per heavy atom. The fourth-order valence-electron chi connectivity index (χ4n) is 2.11. The van der Waals surface area contributed by atoms with Crippen LogP contribution in [0.3, 0.4) is 0 Å². The average molecular weight is 309 g/mol. The van der Waals surface area contributed by atoms with E-state index >= 15 is 0 Å². The number of carbonyl (C=O) groups is 1. The van der Waals surface area contributed by atoms with E-state index in [1.54, 1.807) is 11.8 Å². The molecule has 0 saturated carbocycles. The molecule has 1 heterocycles. The van der Waals surface area contributed by atoms with Crippen LogP contribution in [-0.2, 0) is 11.2 Å². The summed E-state index contributed by atoms with van der Waals surface area (Å²) >= 11 is 0. The quantitative estimate of drug-likeness (QED) is 0.778. The van der Waals surface area contributed by atoms with Gasteiger partial charge < -0.3 is 10.1 Å².